The molecule has 0 bridgehead atoms. The van der Waals surface area contributed by atoms with Crippen LogP contribution in [0.2, 0.25) is 0 Å². The van der Waals surface area contributed by atoms with Crippen LogP contribution in [0.5, 0.6) is 11.5 Å². The van der Waals surface area contributed by atoms with Gasteiger partial charge in [-0.15, -0.1) is 11.3 Å². The molecule has 1 aliphatic carbocycles. The molecule has 1 aromatic heterocycles. The van der Waals surface area contributed by atoms with Gasteiger partial charge < -0.3 is 19.5 Å². The number of rotatable bonds is 8. The van der Waals surface area contributed by atoms with Crippen molar-refractivity contribution in [1.29, 1.82) is 5.26 Å². The van der Waals surface area contributed by atoms with Gasteiger partial charge >= 0.3 is 5.97 Å². The molecule has 2 aromatic rings. The number of hydrogen-bond donors (Lipinski definition) is 1. The molecule has 1 amide bonds. The van der Waals surface area contributed by atoms with E-state index in [0.717, 1.165) is 29.8 Å². The number of methoxy groups -OCH3 is 2. The Kier molecular flexibility index (Phi) is 7.47. The third kappa shape index (κ3) is 5.73. The van der Waals surface area contributed by atoms with Gasteiger partial charge in [-0.1, -0.05) is 19.3 Å². The molecule has 1 heterocycles. The summed E-state index contributed by atoms with van der Waals surface area (Å²) in [5.41, 5.74) is 0.558. The smallest absolute Gasteiger partial charge is 0.312 e. The van der Waals surface area contributed by atoms with E-state index in [1.165, 1.54) is 11.3 Å². The third-order valence-corrected chi connectivity index (χ3v) is 6.11. The molecule has 1 aliphatic rings. The summed E-state index contributed by atoms with van der Waals surface area (Å²) in [6.07, 6.45) is 4.08. The van der Waals surface area contributed by atoms with Crippen LogP contribution in [0.1, 0.15) is 37.8 Å². The van der Waals surface area contributed by atoms with Crippen molar-refractivity contribution in [2.24, 2.45) is 0 Å². The molecular formula is C22H25N3O5S. The van der Waals surface area contributed by atoms with Gasteiger partial charge in [0.2, 0.25) is 0 Å². The maximum Gasteiger partial charge on any atom is 0.312 e. The SMILES string of the molecule is COc1ccc(-c2nc(CC(=O)OCC(=O)NC3(C#N)CCCCC3)cs2)cc1OC. The lowest BCUT2D eigenvalue weighted by Crippen LogP contribution is -2.50. The number of amides is 1. The maximum absolute atomic E-state index is 12.2. The number of thiazole rings is 1. The van der Waals surface area contributed by atoms with Gasteiger partial charge in [-0.3, -0.25) is 9.59 Å². The highest BCUT2D eigenvalue weighted by Crippen LogP contribution is 2.33. The van der Waals surface area contributed by atoms with Crippen LogP contribution >= 0.6 is 11.3 Å². The fourth-order valence-corrected chi connectivity index (χ4v) is 4.37. The second kappa shape index (κ2) is 10.3. The summed E-state index contributed by atoms with van der Waals surface area (Å²) in [5, 5.41) is 14.7. The highest BCUT2D eigenvalue weighted by atomic mass is 32.1. The minimum atomic E-state index is -0.842. The first-order chi connectivity index (χ1) is 15.0. The number of nitrogens with zero attached hydrogens (tertiary/aromatic N) is 2. The van der Waals surface area contributed by atoms with Crippen molar-refractivity contribution in [1.82, 2.24) is 10.3 Å². The summed E-state index contributed by atoms with van der Waals surface area (Å²) in [6.45, 7) is -0.408. The largest absolute Gasteiger partial charge is 0.493 e. The van der Waals surface area contributed by atoms with Gasteiger partial charge in [-0.25, -0.2) is 4.98 Å². The van der Waals surface area contributed by atoms with Crippen molar-refractivity contribution in [3.63, 3.8) is 0 Å². The van der Waals surface area contributed by atoms with Gasteiger partial charge in [0.25, 0.3) is 5.91 Å². The van der Waals surface area contributed by atoms with E-state index in [4.69, 9.17) is 14.2 Å². The Morgan fingerprint density at radius 1 is 1.19 bits per heavy atom. The normalized spacial score (nSPS) is 14.9. The molecule has 164 valence electrons. The van der Waals surface area contributed by atoms with E-state index >= 15 is 0 Å². The van der Waals surface area contributed by atoms with Gasteiger partial charge in [-0.05, 0) is 31.0 Å². The summed E-state index contributed by atoms with van der Waals surface area (Å²) < 4.78 is 15.6. The van der Waals surface area contributed by atoms with E-state index in [1.54, 1.807) is 25.7 Å². The van der Waals surface area contributed by atoms with E-state index in [-0.39, 0.29) is 6.42 Å². The average Bonchev–Trinajstić information content (AvgIpc) is 3.26. The fourth-order valence-electron chi connectivity index (χ4n) is 3.56. The van der Waals surface area contributed by atoms with Crippen LogP contribution in [-0.4, -0.2) is 43.2 Å². The lowest BCUT2D eigenvalue weighted by atomic mass is 9.83. The molecule has 1 aromatic carbocycles. The van der Waals surface area contributed by atoms with Crippen molar-refractivity contribution in [2.75, 3.05) is 20.8 Å². The van der Waals surface area contributed by atoms with E-state index in [9.17, 15) is 14.9 Å². The topological polar surface area (TPSA) is 111 Å². The second-order valence-corrected chi connectivity index (χ2v) is 8.21. The number of ether oxygens (including phenoxy) is 3. The summed E-state index contributed by atoms with van der Waals surface area (Å²) in [4.78, 5) is 28.8. The van der Waals surface area contributed by atoms with Crippen LogP contribution in [0, 0.1) is 11.3 Å². The highest BCUT2D eigenvalue weighted by Gasteiger charge is 2.33. The minimum Gasteiger partial charge on any atom is -0.493 e. The Labute approximate surface area is 185 Å². The Morgan fingerprint density at radius 2 is 1.94 bits per heavy atom. The Hall–Kier alpha value is -3.12. The van der Waals surface area contributed by atoms with Crippen molar-refractivity contribution in [2.45, 2.75) is 44.1 Å². The molecular weight excluding hydrogens is 418 g/mol. The molecule has 9 heteroatoms. The van der Waals surface area contributed by atoms with Crippen LogP contribution < -0.4 is 14.8 Å². The molecule has 1 fully saturated rings. The van der Waals surface area contributed by atoms with Crippen LogP contribution in [0.4, 0.5) is 0 Å². The number of nitriles is 1. The van der Waals surface area contributed by atoms with Crippen molar-refractivity contribution < 1.29 is 23.8 Å². The zero-order valence-electron chi connectivity index (χ0n) is 17.6. The van der Waals surface area contributed by atoms with Crippen molar-refractivity contribution >= 4 is 23.2 Å². The second-order valence-electron chi connectivity index (χ2n) is 7.35. The van der Waals surface area contributed by atoms with Crippen LogP contribution in [0.15, 0.2) is 23.6 Å². The summed E-state index contributed by atoms with van der Waals surface area (Å²) in [7, 11) is 3.13. The number of nitrogens with one attached hydrogen (secondary N) is 1. The van der Waals surface area contributed by atoms with Gasteiger partial charge in [0.1, 0.15) is 10.5 Å². The number of aromatic nitrogens is 1. The average molecular weight is 444 g/mol. The van der Waals surface area contributed by atoms with Gasteiger partial charge in [0.15, 0.2) is 18.1 Å². The number of hydrogen-bond acceptors (Lipinski definition) is 8. The van der Waals surface area contributed by atoms with Crippen molar-refractivity contribution in [3.05, 3.63) is 29.3 Å². The number of benzene rings is 1. The molecule has 3 rings (SSSR count). The predicted octanol–water partition coefficient (Wildman–Crippen LogP) is 3.26. The van der Waals surface area contributed by atoms with E-state index in [2.05, 4.69) is 16.4 Å². The zero-order valence-corrected chi connectivity index (χ0v) is 18.4. The number of carbonyl (C=O) groups is 2. The Balaban J connectivity index is 1.53. The zero-order chi connectivity index (χ0) is 22.3. The Morgan fingerprint density at radius 3 is 2.61 bits per heavy atom. The summed E-state index contributed by atoms with van der Waals surface area (Å²) >= 11 is 1.40. The monoisotopic (exact) mass is 443 g/mol. The molecule has 0 atom stereocenters. The minimum absolute atomic E-state index is 0.0412. The van der Waals surface area contributed by atoms with Gasteiger partial charge in [0, 0.05) is 10.9 Å². The van der Waals surface area contributed by atoms with Gasteiger partial charge in [-0.2, -0.15) is 5.26 Å². The standard InChI is InChI=1S/C22H25N3O5S/c1-28-17-7-6-15(10-18(17)29-2)21-24-16(13-31-21)11-20(27)30-12-19(26)25-22(14-23)8-4-3-5-9-22/h6-7,10,13H,3-5,8-9,11-12H2,1-2H3,(H,25,26). The molecule has 0 saturated heterocycles. The summed E-state index contributed by atoms with van der Waals surface area (Å²) in [5.74, 6) is 0.210. The molecule has 0 unspecified atom stereocenters. The molecule has 31 heavy (non-hydrogen) atoms. The molecule has 8 nitrogen and oxygen atoms in total. The lowest BCUT2D eigenvalue weighted by Gasteiger charge is -2.31. The van der Waals surface area contributed by atoms with Gasteiger partial charge in [0.05, 0.1) is 32.4 Å². The fraction of sp³-hybridized carbons (Fsp3) is 0.455. The number of esters is 1. The molecule has 0 aliphatic heterocycles. The highest BCUT2D eigenvalue weighted by molar-refractivity contribution is 7.13. The van der Waals surface area contributed by atoms with E-state index in [0.29, 0.717) is 30.0 Å². The molecule has 0 spiro atoms. The first-order valence-electron chi connectivity index (χ1n) is 10.0. The third-order valence-electron chi connectivity index (χ3n) is 5.17. The molecule has 1 N–H and O–H groups in total. The molecule has 0 radical (unpaired) electrons. The first-order valence-corrected chi connectivity index (χ1v) is 10.9. The van der Waals surface area contributed by atoms with Crippen molar-refractivity contribution in [3.8, 4) is 28.1 Å². The van der Waals surface area contributed by atoms with Crippen LogP contribution in [0.3, 0.4) is 0 Å². The van der Waals surface area contributed by atoms with Crippen LogP contribution in [0.25, 0.3) is 10.6 Å². The quantitative estimate of drug-likeness (QED) is 0.624. The maximum atomic E-state index is 12.2. The summed E-state index contributed by atoms with van der Waals surface area (Å²) in [6, 6.07) is 7.69. The lowest BCUT2D eigenvalue weighted by molar-refractivity contribution is -0.148. The van der Waals surface area contributed by atoms with E-state index < -0.39 is 24.0 Å². The molecule has 1 saturated carbocycles. The number of carbonyl (C=O) groups excluding carboxylic acids is 2. The van der Waals surface area contributed by atoms with Crippen LogP contribution in [-0.2, 0) is 20.7 Å². The predicted molar refractivity (Wildman–Crippen MR) is 115 cm³/mol. The first kappa shape index (κ1) is 22.6. The Bertz CT molecular complexity index is 976. The van der Waals surface area contributed by atoms with E-state index in [1.807, 2.05) is 12.1 Å².